The lowest BCUT2D eigenvalue weighted by molar-refractivity contribution is -0.00461. The van der Waals surface area contributed by atoms with Crippen LogP contribution in [0.15, 0.2) is 40.9 Å². The molecule has 0 saturated carbocycles. The number of nitrogens with one attached hydrogen (secondary N) is 1. The molecule has 2 aliphatic heterocycles. The summed E-state index contributed by atoms with van der Waals surface area (Å²) in [7, 11) is 1.85. The summed E-state index contributed by atoms with van der Waals surface area (Å²) in [6.07, 6.45) is 1.43. The number of hydrogen-bond donors (Lipinski definition) is 1. The molecule has 4 heterocycles. The van der Waals surface area contributed by atoms with Crippen molar-refractivity contribution in [3.63, 3.8) is 0 Å². The van der Waals surface area contributed by atoms with Crippen LogP contribution in [0.2, 0.25) is 0 Å². The van der Waals surface area contributed by atoms with Gasteiger partial charge in [-0.05, 0) is 37.6 Å². The molecule has 2 aliphatic rings. The molecule has 5 rings (SSSR count). The van der Waals surface area contributed by atoms with Crippen LogP contribution in [0.1, 0.15) is 32.2 Å². The summed E-state index contributed by atoms with van der Waals surface area (Å²) >= 11 is 0. The Balaban J connectivity index is 1.21. The van der Waals surface area contributed by atoms with Crippen molar-refractivity contribution >= 4 is 22.8 Å². The standard InChI is InChI=1S/C24H27N3O5/c1-14-6-7-17-15(2)22(32-19(17)9-14)23(28)25-16-12-30-20-10-27(11-21(20)31-13-16)24(29)18-5-4-8-26(18)3/h4-9,16,20-21H,10-13H2,1-3H3,(H,25,28)/t20-,21-/m0/s1. The number of rotatable bonds is 3. The minimum absolute atomic E-state index is 0.0294. The summed E-state index contributed by atoms with van der Waals surface area (Å²) in [6.45, 7) is 5.45. The maximum atomic E-state index is 12.9. The van der Waals surface area contributed by atoms with Gasteiger partial charge >= 0.3 is 0 Å². The zero-order valence-corrected chi connectivity index (χ0v) is 18.5. The monoisotopic (exact) mass is 437 g/mol. The first kappa shape index (κ1) is 20.8. The minimum Gasteiger partial charge on any atom is -0.451 e. The predicted molar refractivity (Wildman–Crippen MR) is 118 cm³/mol. The van der Waals surface area contributed by atoms with Crippen molar-refractivity contribution in [1.29, 1.82) is 0 Å². The molecule has 0 bridgehead atoms. The Morgan fingerprint density at radius 2 is 1.78 bits per heavy atom. The third-order valence-corrected chi connectivity index (χ3v) is 6.32. The largest absolute Gasteiger partial charge is 0.451 e. The van der Waals surface area contributed by atoms with Crippen LogP contribution in [0.25, 0.3) is 11.0 Å². The van der Waals surface area contributed by atoms with E-state index < -0.39 is 0 Å². The lowest BCUT2D eigenvalue weighted by Crippen LogP contribution is -2.41. The van der Waals surface area contributed by atoms with Crippen LogP contribution >= 0.6 is 0 Å². The van der Waals surface area contributed by atoms with Crippen LogP contribution in [0.3, 0.4) is 0 Å². The molecule has 8 nitrogen and oxygen atoms in total. The summed E-state index contributed by atoms with van der Waals surface area (Å²) in [6, 6.07) is 9.28. The smallest absolute Gasteiger partial charge is 0.287 e. The molecular formula is C24H27N3O5. The molecule has 8 heteroatoms. The van der Waals surface area contributed by atoms with Crippen LogP contribution in [-0.2, 0) is 16.5 Å². The van der Waals surface area contributed by atoms with Gasteiger partial charge in [0.05, 0.1) is 19.3 Å². The lowest BCUT2D eigenvalue weighted by Gasteiger charge is -2.19. The highest BCUT2D eigenvalue weighted by Gasteiger charge is 2.40. The van der Waals surface area contributed by atoms with Crippen LogP contribution < -0.4 is 5.32 Å². The normalized spacial score (nSPS) is 21.5. The number of furan rings is 1. The molecule has 32 heavy (non-hydrogen) atoms. The fourth-order valence-corrected chi connectivity index (χ4v) is 4.49. The summed E-state index contributed by atoms with van der Waals surface area (Å²) < 4.78 is 19.7. The Kier molecular flexibility index (Phi) is 5.27. The van der Waals surface area contributed by atoms with Gasteiger partial charge in [0.25, 0.3) is 11.8 Å². The second-order valence-corrected chi connectivity index (χ2v) is 8.68. The fourth-order valence-electron chi connectivity index (χ4n) is 4.49. The second kappa shape index (κ2) is 8.11. The van der Waals surface area contributed by atoms with Gasteiger partial charge in [0.1, 0.15) is 23.5 Å². The molecule has 2 aromatic heterocycles. The van der Waals surface area contributed by atoms with Gasteiger partial charge in [-0.2, -0.15) is 0 Å². The fraction of sp³-hybridized carbons (Fsp3) is 0.417. The number of nitrogens with zero attached hydrogens (tertiary/aromatic N) is 2. The quantitative estimate of drug-likeness (QED) is 0.680. The number of ether oxygens (including phenoxy) is 2. The molecule has 2 fully saturated rings. The number of hydrogen-bond acceptors (Lipinski definition) is 5. The molecular weight excluding hydrogens is 410 g/mol. The van der Waals surface area contributed by atoms with Crippen molar-refractivity contribution in [2.75, 3.05) is 26.3 Å². The van der Waals surface area contributed by atoms with E-state index in [4.69, 9.17) is 13.9 Å². The maximum absolute atomic E-state index is 12.9. The van der Waals surface area contributed by atoms with Crippen molar-refractivity contribution in [3.8, 4) is 0 Å². The number of carbonyl (C=O) groups is 2. The third-order valence-electron chi connectivity index (χ3n) is 6.32. The van der Waals surface area contributed by atoms with Crippen LogP contribution in [0, 0.1) is 13.8 Å². The number of amides is 2. The topological polar surface area (TPSA) is 85.9 Å². The molecule has 1 aromatic carbocycles. The van der Waals surface area contributed by atoms with Gasteiger partial charge in [-0.25, -0.2) is 0 Å². The Morgan fingerprint density at radius 3 is 2.44 bits per heavy atom. The molecule has 2 saturated heterocycles. The van der Waals surface area contributed by atoms with E-state index in [-0.39, 0.29) is 30.1 Å². The Morgan fingerprint density at radius 1 is 1.06 bits per heavy atom. The zero-order chi connectivity index (χ0) is 22.4. The summed E-state index contributed by atoms with van der Waals surface area (Å²) in [5, 5.41) is 3.91. The summed E-state index contributed by atoms with van der Waals surface area (Å²) in [4.78, 5) is 27.4. The first-order valence-corrected chi connectivity index (χ1v) is 10.8. The molecule has 3 aromatic rings. The molecule has 2 atom stereocenters. The van der Waals surface area contributed by atoms with E-state index in [2.05, 4.69) is 5.32 Å². The van der Waals surface area contributed by atoms with Gasteiger partial charge < -0.3 is 28.7 Å². The number of carbonyl (C=O) groups excluding carboxylic acids is 2. The number of likely N-dealkylation sites (tertiary alicyclic amines) is 1. The minimum atomic E-state index is -0.292. The molecule has 0 spiro atoms. The van der Waals surface area contributed by atoms with E-state index in [0.717, 1.165) is 16.5 Å². The highest BCUT2D eigenvalue weighted by atomic mass is 16.6. The van der Waals surface area contributed by atoms with Crippen molar-refractivity contribution in [2.45, 2.75) is 32.1 Å². The zero-order valence-electron chi connectivity index (χ0n) is 18.5. The predicted octanol–water partition coefficient (Wildman–Crippen LogP) is 2.43. The van der Waals surface area contributed by atoms with Crippen molar-refractivity contribution < 1.29 is 23.5 Å². The van der Waals surface area contributed by atoms with E-state index in [1.165, 1.54) is 0 Å². The number of fused-ring (bicyclic) bond motifs is 2. The van der Waals surface area contributed by atoms with Crippen LogP contribution in [0.4, 0.5) is 0 Å². The number of benzene rings is 1. The SMILES string of the molecule is Cc1ccc2c(C)c(C(=O)NC3CO[C@H]4CN(C(=O)c5cccn5C)C[C@@H]4OC3)oc2c1. The van der Waals surface area contributed by atoms with E-state index >= 15 is 0 Å². The average molecular weight is 437 g/mol. The van der Waals surface area contributed by atoms with Gasteiger partial charge in [0.15, 0.2) is 5.76 Å². The van der Waals surface area contributed by atoms with Crippen LogP contribution in [-0.4, -0.2) is 65.8 Å². The lowest BCUT2D eigenvalue weighted by atomic mass is 10.1. The van der Waals surface area contributed by atoms with Gasteiger partial charge in [0.2, 0.25) is 0 Å². The maximum Gasteiger partial charge on any atom is 0.287 e. The summed E-state index contributed by atoms with van der Waals surface area (Å²) in [5.74, 6) is 0.00808. The van der Waals surface area contributed by atoms with E-state index in [1.54, 1.807) is 4.90 Å². The Bertz CT molecular complexity index is 1160. The number of aromatic nitrogens is 1. The van der Waals surface area contributed by atoms with Crippen molar-refractivity contribution in [1.82, 2.24) is 14.8 Å². The summed E-state index contributed by atoms with van der Waals surface area (Å²) in [5.41, 5.74) is 3.25. The highest BCUT2D eigenvalue weighted by molar-refractivity contribution is 5.99. The Labute approximate surface area is 186 Å². The van der Waals surface area contributed by atoms with E-state index in [9.17, 15) is 9.59 Å². The van der Waals surface area contributed by atoms with Crippen molar-refractivity contribution in [3.05, 3.63) is 59.1 Å². The second-order valence-electron chi connectivity index (χ2n) is 8.68. The Hall–Kier alpha value is -3.10. The molecule has 168 valence electrons. The molecule has 0 radical (unpaired) electrons. The van der Waals surface area contributed by atoms with Gasteiger partial charge in [0, 0.05) is 37.3 Å². The first-order valence-electron chi connectivity index (χ1n) is 10.8. The van der Waals surface area contributed by atoms with Crippen molar-refractivity contribution in [2.24, 2.45) is 7.05 Å². The first-order chi connectivity index (χ1) is 15.4. The number of aryl methyl sites for hydroxylation is 3. The van der Waals surface area contributed by atoms with Gasteiger partial charge in [-0.1, -0.05) is 12.1 Å². The average Bonchev–Trinajstić information content (AvgIpc) is 3.43. The van der Waals surface area contributed by atoms with Gasteiger partial charge in [-0.3, -0.25) is 9.59 Å². The van der Waals surface area contributed by atoms with E-state index in [0.29, 0.717) is 43.3 Å². The van der Waals surface area contributed by atoms with Gasteiger partial charge in [-0.15, -0.1) is 0 Å². The van der Waals surface area contributed by atoms with E-state index in [1.807, 2.05) is 62.0 Å². The molecule has 0 unspecified atom stereocenters. The highest BCUT2D eigenvalue weighted by Crippen LogP contribution is 2.27. The molecule has 1 N–H and O–H groups in total. The molecule has 0 aliphatic carbocycles. The third kappa shape index (κ3) is 3.69. The molecule has 2 amide bonds. The van der Waals surface area contributed by atoms with Crippen LogP contribution in [0.5, 0.6) is 0 Å².